The van der Waals surface area contributed by atoms with E-state index in [4.69, 9.17) is 4.74 Å². The minimum absolute atomic E-state index is 0.355. The van der Waals surface area contributed by atoms with Crippen LogP contribution in [-0.2, 0) is 4.74 Å². The van der Waals surface area contributed by atoms with Crippen LogP contribution in [0.3, 0.4) is 0 Å². The summed E-state index contributed by atoms with van der Waals surface area (Å²) in [5.41, 5.74) is 0.794. The number of nitrogens with one attached hydrogen (secondary N) is 2. The number of ether oxygens (including phenoxy) is 1. The van der Waals surface area contributed by atoms with Gasteiger partial charge in [-0.05, 0) is 45.7 Å². The number of carbonyl (C=O) groups excluding carboxylic acids is 1. The maximum Gasteiger partial charge on any atom is 0.407 e. The van der Waals surface area contributed by atoms with E-state index in [9.17, 15) is 4.79 Å². The summed E-state index contributed by atoms with van der Waals surface area (Å²) >= 11 is 0. The first kappa shape index (κ1) is 17.5. The summed E-state index contributed by atoms with van der Waals surface area (Å²) in [6.45, 7) is 9.02. The van der Waals surface area contributed by atoms with Gasteiger partial charge in [-0.3, -0.25) is 4.98 Å². The summed E-state index contributed by atoms with van der Waals surface area (Å²) in [6.07, 6.45) is 5.53. The maximum absolute atomic E-state index is 11.5. The van der Waals surface area contributed by atoms with Gasteiger partial charge in [-0.2, -0.15) is 0 Å². The van der Waals surface area contributed by atoms with Crippen molar-refractivity contribution in [2.75, 3.05) is 31.1 Å². The fourth-order valence-corrected chi connectivity index (χ4v) is 2.65. The van der Waals surface area contributed by atoms with Crippen molar-refractivity contribution in [2.45, 2.75) is 45.3 Å². The molecule has 23 heavy (non-hydrogen) atoms. The third-order valence-corrected chi connectivity index (χ3v) is 3.75. The standard InChI is InChI=1S/C17H28N4O2/c1-17(2,3)23-16(22)20-11-10-19-14-6-12-21(13-7-14)15-4-8-18-9-5-15/h4-5,8-9,14,19H,6-7,10-13H2,1-3H3,(H,20,22). The Bertz CT molecular complexity index is 479. The summed E-state index contributed by atoms with van der Waals surface area (Å²) in [5, 5.41) is 6.27. The van der Waals surface area contributed by atoms with Crippen molar-refractivity contribution in [3.8, 4) is 0 Å². The average Bonchev–Trinajstić information content (AvgIpc) is 2.51. The van der Waals surface area contributed by atoms with E-state index in [1.165, 1.54) is 5.69 Å². The lowest BCUT2D eigenvalue weighted by molar-refractivity contribution is 0.0528. The second kappa shape index (κ2) is 8.15. The van der Waals surface area contributed by atoms with Crippen molar-refractivity contribution in [3.63, 3.8) is 0 Å². The molecule has 1 aromatic rings. The average molecular weight is 320 g/mol. The number of anilines is 1. The molecule has 0 spiro atoms. The Morgan fingerprint density at radius 2 is 1.91 bits per heavy atom. The number of nitrogens with zero attached hydrogens (tertiary/aromatic N) is 2. The zero-order valence-corrected chi connectivity index (χ0v) is 14.3. The van der Waals surface area contributed by atoms with Gasteiger partial charge in [-0.15, -0.1) is 0 Å². The van der Waals surface area contributed by atoms with E-state index in [0.29, 0.717) is 12.6 Å². The molecule has 1 saturated heterocycles. The van der Waals surface area contributed by atoms with Crippen LogP contribution in [0.4, 0.5) is 10.5 Å². The minimum Gasteiger partial charge on any atom is -0.444 e. The SMILES string of the molecule is CC(C)(C)OC(=O)NCCNC1CCN(c2ccncc2)CC1. The Labute approximate surface area is 138 Å². The molecule has 1 aliphatic heterocycles. The van der Waals surface area contributed by atoms with Crippen LogP contribution in [0.5, 0.6) is 0 Å². The van der Waals surface area contributed by atoms with E-state index in [2.05, 4.69) is 32.7 Å². The first-order chi connectivity index (χ1) is 10.9. The van der Waals surface area contributed by atoms with E-state index in [-0.39, 0.29) is 6.09 Å². The molecule has 2 rings (SSSR count). The Morgan fingerprint density at radius 3 is 2.52 bits per heavy atom. The number of hydrogen-bond donors (Lipinski definition) is 2. The van der Waals surface area contributed by atoms with Crippen LogP contribution in [0.2, 0.25) is 0 Å². The molecular formula is C17H28N4O2. The molecule has 0 aromatic carbocycles. The van der Waals surface area contributed by atoms with Gasteiger partial charge in [0.05, 0.1) is 0 Å². The van der Waals surface area contributed by atoms with Crippen molar-refractivity contribution in [3.05, 3.63) is 24.5 Å². The molecule has 2 heterocycles. The van der Waals surface area contributed by atoms with Crippen molar-refractivity contribution < 1.29 is 9.53 Å². The monoisotopic (exact) mass is 320 g/mol. The number of pyridine rings is 1. The molecule has 0 atom stereocenters. The van der Waals surface area contributed by atoms with Crippen molar-refractivity contribution >= 4 is 11.8 Å². The Morgan fingerprint density at radius 1 is 1.26 bits per heavy atom. The second-order valence-electron chi connectivity index (χ2n) is 6.85. The number of hydrogen-bond acceptors (Lipinski definition) is 5. The lowest BCUT2D eigenvalue weighted by Gasteiger charge is -2.34. The second-order valence-corrected chi connectivity index (χ2v) is 6.85. The van der Waals surface area contributed by atoms with E-state index in [1.807, 2.05) is 33.2 Å². The highest BCUT2D eigenvalue weighted by molar-refractivity contribution is 5.67. The van der Waals surface area contributed by atoms with Gasteiger partial charge < -0.3 is 20.3 Å². The molecule has 6 heteroatoms. The highest BCUT2D eigenvalue weighted by Gasteiger charge is 2.19. The number of piperidine rings is 1. The van der Waals surface area contributed by atoms with Crippen LogP contribution in [0.1, 0.15) is 33.6 Å². The zero-order valence-electron chi connectivity index (χ0n) is 14.3. The third kappa shape index (κ3) is 6.44. The lowest BCUT2D eigenvalue weighted by atomic mass is 10.0. The summed E-state index contributed by atoms with van der Waals surface area (Å²) in [7, 11) is 0. The van der Waals surface area contributed by atoms with Gasteiger partial charge in [0.15, 0.2) is 0 Å². The Kier molecular flexibility index (Phi) is 6.21. The summed E-state index contributed by atoms with van der Waals surface area (Å²) in [4.78, 5) is 18.0. The van der Waals surface area contributed by atoms with E-state index < -0.39 is 5.60 Å². The number of carbonyl (C=O) groups is 1. The Hall–Kier alpha value is -1.82. The van der Waals surface area contributed by atoms with Gasteiger partial charge in [0.2, 0.25) is 0 Å². The van der Waals surface area contributed by atoms with Crippen molar-refractivity contribution in [1.82, 2.24) is 15.6 Å². The predicted octanol–water partition coefficient (Wildman–Crippen LogP) is 2.16. The van der Waals surface area contributed by atoms with Gasteiger partial charge in [-0.25, -0.2) is 4.79 Å². The molecule has 0 saturated carbocycles. The van der Waals surface area contributed by atoms with Crippen molar-refractivity contribution in [1.29, 1.82) is 0 Å². The molecule has 1 amide bonds. The third-order valence-electron chi connectivity index (χ3n) is 3.75. The number of amides is 1. The lowest BCUT2D eigenvalue weighted by Crippen LogP contribution is -2.45. The van der Waals surface area contributed by atoms with Crippen LogP contribution in [-0.4, -0.2) is 48.9 Å². The molecule has 1 aromatic heterocycles. The largest absolute Gasteiger partial charge is 0.444 e. The van der Waals surface area contributed by atoms with E-state index in [0.717, 1.165) is 32.5 Å². The first-order valence-electron chi connectivity index (χ1n) is 8.29. The topological polar surface area (TPSA) is 66.5 Å². The van der Waals surface area contributed by atoms with Gasteiger partial charge >= 0.3 is 6.09 Å². The fourth-order valence-electron chi connectivity index (χ4n) is 2.65. The number of aromatic nitrogens is 1. The Balaban J connectivity index is 1.59. The zero-order chi connectivity index (χ0) is 16.7. The molecule has 1 fully saturated rings. The van der Waals surface area contributed by atoms with Gasteiger partial charge in [0.1, 0.15) is 5.60 Å². The van der Waals surface area contributed by atoms with Crippen molar-refractivity contribution in [2.24, 2.45) is 0 Å². The molecule has 0 aliphatic carbocycles. The summed E-state index contributed by atoms with van der Waals surface area (Å²) in [6, 6.07) is 4.62. The van der Waals surface area contributed by atoms with Gasteiger partial charge in [-0.1, -0.05) is 0 Å². The van der Waals surface area contributed by atoms with Crippen LogP contribution < -0.4 is 15.5 Å². The molecular weight excluding hydrogens is 292 g/mol. The molecule has 128 valence electrons. The van der Waals surface area contributed by atoms with E-state index in [1.54, 1.807) is 0 Å². The first-order valence-corrected chi connectivity index (χ1v) is 8.29. The normalized spacial score (nSPS) is 16.2. The maximum atomic E-state index is 11.5. The molecule has 0 unspecified atom stereocenters. The number of rotatable bonds is 5. The van der Waals surface area contributed by atoms with Gasteiger partial charge in [0.25, 0.3) is 0 Å². The number of alkyl carbamates (subject to hydrolysis) is 1. The quantitative estimate of drug-likeness (QED) is 0.814. The molecule has 6 nitrogen and oxygen atoms in total. The summed E-state index contributed by atoms with van der Waals surface area (Å²) < 4.78 is 5.20. The molecule has 1 aliphatic rings. The van der Waals surface area contributed by atoms with Crippen LogP contribution in [0.25, 0.3) is 0 Å². The highest BCUT2D eigenvalue weighted by Crippen LogP contribution is 2.18. The van der Waals surface area contributed by atoms with Crippen LogP contribution in [0, 0.1) is 0 Å². The van der Waals surface area contributed by atoms with Gasteiger partial charge in [0, 0.05) is 50.3 Å². The van der Waals surface area contributed by atoms with Crippen LogP contribution >= 0.6 is 0 Å². The molecule has 0 bridgehead atoms. The fraction of sp³-hybridized carbons (Fsp3) is 0.647. The highest BCUT2D eigenvalue weighted by atomic mass is 16.6. The molecule has 0 radical (unpaired) electrons. The van der Waals surface area contributed by atoms with Crippen LogP contribution in [0.15, 0.2) is 24.5 Å². The minimum atomic E-state index is -0.447. The van der Waals surface area contributed by atoms with E-state index >= 15 is 0 Å². The smallest absolute Gasteiger partial charge is 0.407 e. The predicted molar refractivity (Wildman–Crippen MR) is 91.7 cm³/mol. The molecule has 2 N–H and O–H groups in total. The summed E-state index contributed by atoms with van der Waals surface area (Å²) in [5.74, 6) is 0.